The van der Waals surface area contributed by atoms with E-state index in [-0.39, 0.29) is 5.91 Å². The number of nitrogens with zero attached hydrogens (tertiary/aromatic N) is 3. The lowest BCUT2D eigenvalue weighted by molar-refractivity contribution is 0.0785. The highest BCUT2D eigenvalue weighted by atomic mass is 16.2. The summed E-state index contributed by atoms with van der Waals surface area (Å²) >= 11 is 0. The Morgan fingerprint density at radius 2 is 2.26 bits per heavy atom. The van der Waals surface area contributed by atoms with Gasteiger partial charge in [-0.2, -0.15) is 5.10 Å². The fraction of sp³-hybridized carbons (Fsp3) is 0.308. The molecule has 0 spiro atoms. The molecule has 0 aliphatic heterocycles. The molecule has 2 aromatic rings. The first-order chi connectivity index (χ1) is 9.20. The van der Waals surface area contributed by atoms with Crippen LogP contribution in [0, 0.1) is 0 Å². The third-order valence-electron chi connectivity index (χ3n) is 2.69. The maximum atomic E-state index is 12.2. The number of hydrogen-bond donors (Lipinski definition) is 2. The fourth-order valence-corrected chi connectivity index (χ4v) is 1.74. The number of anilines is 1. The summed E-state index contributed by atoms with van der Waals surface area (Å²) in [5, 5.41) is 9.67. The number of carbonyl (C=O) groups excluding carboxylic acids is 1. The van der Waals surface area contributed by atoms with Crippen LogP contribution in [0.25, 0.3) is 0 Å². The molecule has 0 atom stereocenters. The van der Waals surface area contributed by atoms with Crippen molar-refractivity contribution in [2.45, 2.75) is 13.5 Å². The van der Waals surface area contributed by atoms with Gasteiger partial charge in [0.2, 0.25) is 0 Å². The van der Waals surface area contributed by atoms with Crippen LogP contribution in [0.2, 0.25) is 0 Å². The average molecular weight is 259 g/mol. The topological polar surface area (TPSA) is 73.9 Å². The Labute approximate surface area is 111 Å². The van der Waals surface area contributed by atoms with Gasteiger partial charge in [0.15, 0.2) is 0 Å². The summed E-state index contributed by atoms with van der Waals surface area (Å²) < 4.78 is 0. The summed E-state index contributed by atoms with van der Waals surface area (Å²) in [7, 11) is 1.76. The first kappa shape index (κ1) is 13.1. The van der Waals surface area contributed by atoms with Crippen molar-refractivity contribution < 1.29 is 4.79 Å². The van der Waals surface area contributed by atoms with Gasteiger partial charge in [-0.3, -0.25) is 9.89 Å². The Bertz CT molecular complexity index is 520. The van der Waals surface area contributed by atoms with Crippen LogP contribution in [-0.4, -0.2) is 39.6 Å². The highest BCUT2D eigenvalue weighted by Crippen LogP contribution is 2.09. The highest BCUT2D eigenvalue weighted by molar-refractivity contribution is 5.93. The van der Waals surface area contributed by atoms with Crippen molar-refractivity contribution in [1.82, 2.24) is 20.1 Å². The van der Waals surface area contributed by atoms with E-state index in [9.17, 15) is 4.79 Å². The van der Waals surface area contributed by atoms with Gasteiger partial charge in [0.1, 0.15) is 5.82 Å². The van der Waals surface area contributed by atoms with Gasteiger partial charge in [-0.05, 0) is 19.1 Å². The molecule has 0 fully saturated rings. The van der Waals surface area contributed by atoms with Crippen LogP contribution in [0.3, 0.4) is 0 Å². The molecule has 2 N–H and O–H groups in total. The molecule has 2 aromatic heterocycles. The molecule has 0 unspecified atom stereocenters. The van der Waals surface area contributed by atoms with Crippen molar-refractivity contribution in [1.29, 1.82) is 0 Å². The summed E-state index contributed by atoms with van der Waals surface area (Å²) in [6.07, 6.45) is 5.07. The molecule has 0 aliphatic carbocycles. The molecule has 6 heteroatoms. The highest BCUT2D eigenvalue weighted by Gasteiger charge is 2.12. The van der Waals surface area contributed by atoms with Gasteiger partial charge < -0.3 is 10.2 Å². The maximum absolute atomic E-state index is 12.2. The van der Waals surface area contributed by atoms with Gasteiger partial charge in [-0.15, -0.1) is 0 Å². The third-order valence-corrected chi connectivity index (χ3v) is 2.69. The second kappa shape index (κ2) is 5.99. The van der Waals surface area contributed by atoms with Crippen molar-refractivity contribution >= 4 is 11.7 Å². The fourth-order valence-electron chi connectivity index (χ4n) is 1.74. The zero-order chi connectivity index (χ0) is 13.7. The number of aromatic amines is 1. The van der Waals surface area contributed by atoms with E-state index in [0.717, 1.165) is 17.9 Å². The van der Waals surface area contributed by atoms with Crippen molar-refractivity contribution in [3.63, 3.8) is 0 Å². The lowest BCUT2D eigenvalue weighted by Crippen LogP contribution is -2.26. The van der Waals surface area contributed by atoms with Crippen LogP contribution in [-0.2, 0) is 6.54 Å². The molecule has 0 aromatic carbocycles. The molecule has 1 amide bonds. The lowest BCUT2D eigenvalue weighted by Gasteiger charge is -2.16. The SMILES string of the molecule is CCNc1ccc(C(=O)N(C)Cc2cn[nH]c2)cn1. The first-order valence-corrected chi connectivity index (χ1v) is 6.13. The van der Waals surface area contributed by atoms with E-state index in [4.69, 9.17) is 0 Å². The van der Waals surface area contributed by atoms with Gasteiger partial charge in [0.25, 0.3) is 5.91 Å². The summed E-state index contributed by atoms with van der Waals surface area (Å²) in [4.78, 5) is 18.0. The van der Waals surface area contributed by atoms with Crippen LogP contribution in [0.4, 0.5) is 5.82 Å². The molecule has 2 heterocycles. The van der Waals surface area contributed by atoms with Crippen molar-refractivity contribution in [3.05, 3.63) is 41.9 Å². The van der Waals surface area contributed by atoms with Gasteiger partial charge in [0, 0.05) is 38.1 Å². The maximum Gasteiger partial charge on any atom is 0.255 e. The Kier molecular flexibility index (Phi) is 4.12. The molecular weight excluding hydrogens is 242 g/mol. The first-order valence-electron chi connectivity index (χ1n) is 6.13. The van der Waals surface area contributed by atoms with Crippen molar-refractivity contribution in [3.8, 4) is 0 Å². The van der Waals surface area contributed by atoms with Crippen LogP contribution >= 0.6 is 0 Å². The van der Waals surface area contributed by atoms with E-state index in [1.165, 1.54) is 0 Å². The smallest absolute Gasteiger partial charge is 0.255 e. The van der Waals surface area contributed by atoms with E-state index in [0.29, 0.717) is 12.1 Å². The molecule has 0 saturated carbocycles. The Hall–Kier alpha value is -2.37. The van der Waals surface area contributed by atoms with Gasteiger partial charge in [-0.1, -0.05) is 0 Å². The minimum Gasteiger partial charge on any atom is -0.370 e. The molecule has 0 saturated heterocycles. The van der Waals surface area contributed by atoms with Crippen LogP contribution in [0.5, 0.6) is 0 Å². The molecular formula is C13H17N5O. The van der Waals surface area contributed by atoms with Crippen molar-refractivity contribution in [2.75, 3.05) is 18.9 Å². The van der Waals surface area contributed by atoms with E-state index in [2.05, 4.69) is 20.5 Å². The van der Waals surface area contributed by atoms with Gasteiger partial charge >= 0.3 is 0 Å². The number of nitrogens with one attached hydrogen (secondary N) is 2. The Balaban J connectivity index is 2.02. The van der Waals surface area contributed by atoms with Crippen LogP contribution in [0.15, 0.2) is 30.7 Å². The Morgan fingerprint density at radius 1 is 1.42 bits per heavy atom. The predicted octanol–water partition coefficient (Wildman–Crippen LogP) is 1.51. The van der Waals surface area contributed by atoms with E-state index in [1.54, 1.807) is 36.6 Å². The van der Waals surface area contributed by atoms with Gasteiger partial charge in [-0.25, -0.2) is 4.98 Å². The number of carbonyl (C=O) groups is 1. The van der Waals surface area contributed by atoms with E-state index in [1.807, 2.05) is 13.0 Å². The summed E-state index contributed by atoms with van der Waals surface area (Å²) in [6.45, 7) is 3.32. The monoisotopic (exact) mass is 259 g/mol. The van der Waals surface area contributed by atoms with E-state index < -0.39 is 0 Å². The predicted molar refractivity (Wildman–Crippen MR) is 72.8 cm³/mol. The van der Waals surface area contributed by atoms with Crippen molar-refractivity contribution in [2.24, 2.45) is 0 Å². The number of amides is 1. The molecule has 0 bridgehead atoms. The van der Waals surface area contributed by atoms with Crippen LogP contribution < -0.4 is 5.32 Å². The molecule has 2 rings (SSSR count). The standard InChI is InChI=1S/C13H17N5O/c1-3-14-12-5-4-11(8-15-12)13(19)18(2)9-10-6-16-17-7-10/h4-8H,3,9H2,1-2H3,(H,14,15)(H,16,17). The lowest BCUT2D eigenvalue weighted by atomic mass is 10.2. The van der Waals surface area contributed by atoms with E-state index >= 15 is 0 Å². The quantitative estimate of drug-likeness (QED) is 0.853. The number of pyridine rings is 1. The average Bonchev–Trinajstić information content (AvgIpc) is 2.92. The minimum absolute atomic E-state index is 0.0586. The zero-order valence-corrected chi connectivity index (χ0v) is 11.1. The molecule has 19 heavy (non-hydrogen) atoms. The largest absolute Gasteiger partial charge is 0.370 e. The second-order valence-electron chi connectivity index (χ2n) is 4.23. The number of rotatable bonds is 5. The number of H-pyrrole nitrogens is 1. The van der Waals surface area contributed by atoms with Crippen LogP contribution in [0.1, 0.15) is 22.8 Å². The number of hydrogen-bond acceptors (Lipinski definition) is 4. The molecule has 0 aliphatic rings. The normalized spacial score (nSPS) is 10.2. The Morgan fingerprint density at radius 3 is 2.84 bits per heavy atom. The zero-order valence-electron chi connectivity index (χ0n) is 11.1. The summed E-state index contributed by atoms with van der Waals surface area (Å²) in [6, 6.07) is 3.58. The number of aromatic nitrogens is 3. The second-order valence-corrected chi connectivity index (χ2v) is 4.23. The van der Waals surface area contributed by atoms with Gasteiger partial charge in [0.05, 0.1) is 11.8 Å². The summed E-state index contributed by atoms with van der Waals surface area (Å²) in [5.41, 5.74) is 1.54. The summed E-state index contributed by atoms with van der Waals surface area (Å²) in [5.74, 6) is 0.716. The molecule has 100 valence electrons. The minimum atomic E-state index is -0.0586. The molecule has 6 nitrogen and oxygen atoms in total. The third kappa shape index (κ3) is 3.31. The molecule has 0 radical (unpaired) electrons.